The number of carbonyl (C=O) groups is 1. The summed E-state index contributed by atoms with van der Waals surface area (Å²) in [5, 5.41) is 8.97. The topological polar surface area (TPSA) is 37.3 Å². The standard InChI is InChI=1S/C13H13FO2/c1-2-3-4-11(13(15)16)9-10-5-7-12(14)8-6-10/h5-8,11H,4,9H2,1H3,(H,15,16). The highest BCUT2D eigenvalue weighted by Gasteiger charge is 2.16. The first-order valence-corrected chi connectivity index (χ1v) is 5.00. The SMILES string of the molecule is CC#CCC(Cc1ccc(F)cc1)C(=O)O. The predicted octanol–water partition coefficient (Wildman–Crippen LogP) is 2.48. The van der Waals surface area contributed by atoms with Gasteiger partial charge in [-0.3, -0.25) is 4.79 Å². The van der Waals surface area contributed by atoms with Crippen molar-refractivity contribution >= 4 is 5.97 Å². The Balaban J connectivity index is 2.70. The van der Waals surface area contributed by atoms with E-state index >= 15 is 0 Å². The van der Waals surface area contributed by atoms with Crippen molar-refractivity contribution in [2.75, 3.05) is 0 Å². The van der Waals surface area contributed by atoms with E-state index in [1.807, 2.05) is 0 Å². The van der Waals surface area contributed by atoms with Crippen LogP contribution in [0.15, 0.2) is 24.3 Å². The third-order valence-corrected chi connectivity index (χ3v) is 2.27. The van der Waals surface area contributed by atoms with Crippen molar-refractivity contribution < 1.29 is 14.3 Å². The molecular formula is C13H13FO2. The average Bonchev–Trinajstić information content (AvgIpc) is 2.26. The molecule has 3 heteroatoms. The van der Waals surface area contributed by atoms with E-state index in [-0.39, 0.29) is 5.82 Å². The van der Waals surface area contributed by atoms with Crippen LogP contribution in [0.1, 0.15) is 18.9 Å². The van der Waals surface area contributed by atoms with E-state index in [4.69, 9.17) is 5.11 Å². The Morgan fingerprint density at radius 3 is 2.56 bits per heavy atom. The number of rotatable bonds is 4. The number of halogens is 1. The maximum Gasteiger partial charge on any atom is 0.307 e. The maximum atomic E-state index is 12.6. The zero-order valence-electron chi connectivity index (χ0n) is 9.03. The van der Waals surface area contributed by atoms with Crippen LogP contribution >= 0.6 is 0 Å². The molecule has 84 valence electrons. The van der Waals surface area contributed by atoms with E-state index in [9.17, 15) is 9.18 Å². The largest absolute Gasteiger partial charge is 0.481 e. The molecule has 0 aliphatic carbocycles. The predicted molar refractivity (Wildman–Crippen MR) is 59.3 cm³/mol. The molecule has 0 bridgehead atoms. The zero-order valence-corrected chi connectivity index (χ0v) is 9.03. The van der Waals surface area contributed by atoms with E-state index in [0.717, 1.165) is 5.56 Å². The van der Waals surface area contributed by atoms with Gasteiger partial charge in [-0.2, -0.15) is 0 Å². The monoisotopic (exact) mass is 220 g/mol. The lowest BCUT2D eigenvalue weighted by Crippen LogP contribution is -2.15. The number of aliphatic carboxylic acids is 1. The van der Waals surface area contributed by atoms with E-state index in [1.165, 1.54) is 12.1 Å². The molecule has 0 saturated heterocycles. The molecule has 0 saturated carbocycles. The molecular weight excluding hydrogens is 207 g/mol. The smallest absolute Gasteiger partial charge is 0.307 e. The molecule has 0 spiro atoms. The van der Waals surface area contributed by atoms with Gasteiger partial charge in [0, 0.05) is 6.42 Å². The zero-order chi connectivity index (χ0) is 12.0. The average molecular weight is 220 g/mol. The Morgan fingerprint density at radius 1 is 1.44 bits per heavy atom. The lowest BCUT2D eigenvalue weighted by Gasteiger charge is -2.08. The molecule has 0 heterocycles. The van der Waals surface area contributed by atoms with Crippen molar-refractivity contribution in [3.8, 4) is 11.8 Å². The highest BCUT2D eigenvalue weighted by atomic mass is 19.1. The molecule has 0 aliphatic heterocycles. The van der Waals surface area contributed by atoms with Gasteiger partial charge in [0.2, 0.25) is 0 Å². The first-order valence-electron chi connectivity index (χ1n) is 5.00. The van der Waals surface area contributed by atoms with Crippen molar-refractivity contribution in [3.05, 3.63) is 35.6 Å². The fourth-order valence-electron chi connectivity index (χ4n) is 1.38. The van der Waals surface area contributed by atoms with Crippen molar-refractivity contribution in [1.29, 1.82) is 0 Å². The van der Waals surface area contributed by atoms with Gasteiger partial charge < -0.3 is 5.11 Å². The second-order valence-electron chi connectivity index (χ2n) is 3.50. The Morgan fingerprint density at radius 2 is 2.06 bits per heavy atom. The number of benzene rings is 1. The van der Waals surface area contributed by atoms with Crippen molar-refractivity contribution in [2.24, 2.45) is 5.92 Å². The lowest BCUT2D eigenvalue weighted by atomic mass is 9.96. The van der Waals surface area contributed by atoms with Gasteiger partial charge in [0.1, 0.15) is 5.82 Å². The summed E-state index contributed by atoms with van der Waals surface area (Å²) in [5.74, 6) is 3.72. The van der Waals surface area contributed by atoms with Crippen LogP contribution in [0.4, 0.5) is 4.39 Å². The first kappa shape index (κ1) is 12.3. The van der Waals surface area contributed by atoms with E-state index in [2.05, 4.69) is 11.8 Å². The van der Waals surface area contributed by atoms with Gasteiger partial charge in [0.15, 0.2) is 0 Å². The third kappa shape index (κ3) is 3.74. The summed E-state index contributed by atoms with van der Waals surface area (Å²) in [6, 6.07) is 5.87. The number of hydrogen-bond donors (Lipinski definition) is 1. The highest BCUT2D eigenvalue weighted by molar-refractivity contribution is 5.70. The molecule has 1 aromatic rings. The molecule has 1 atom stereocenters. The molecule has 1 aromatic carbocycles. The van der Waals surface area contributed by atoms with Crippen LogP contribution in [0.2, 0.25) is 0 Å². The highest BCUT2D eigenvalue weighted by Crippen LogP contribution is 2.13. The molecule has 0 amide bonds. The quantitative estimate of drug-likeness (QED) is 0.791. The Kier molecular flexibility index (Phi) is 4.53. The molecule has 0 fully saturated rings. The van der Waals surface area contributed by atoms with Gasteiger partial charge >= 0.3 is 5.97 Å². The summed E-state index contributed by atoms with van der Waals surface area (Å²) in [6.07, 6.45) is 0.702. The molecule has 1 rings (SSSR count). The van der Waals surface area contributed by atoms with Crippen LogP contribution in [0.5, 0.6) is 0 Å². The molecule has 0 aromatic heterocycles. The van der Waals surface area contributed by atoms with Gasteiger partial charge in [-0.1, -0.05) is 12.1 Å². The van der Waals surface area contributed by atoms with Crippen LogP contribution in [-0.4, -0.2) is 11.1 Å². The molecule has 16 heavy (non-hydrogen) atoms. The molecule has 0 radical (unpaired) electrons. The van der Waals surface area contributed by atoms with Gasteiger partial charge in [-0.25, -0.2) is 4.39 Å². The second kappa shape index (κ2) is 5.92. The molecule has 1 unspecified atom stereocenters. The second-order valence-corrected chi connectivity index (χ2v) is 3.50. The van der Waals surface area contributed by atoms with Crippen molar-refractivity contribution in [2.45, 2.75) is 19.8 Å². The first-order chi connectivity index (χ1) is 7.63. The minimum atomic E-state index is -0.868. The summed E-state index contributed by atoms with van der Waals surface area (Å²) in [7, 11) is 0. The number of carboxylic acids is 1. The Bertz CT molecular complexity index is 412. The van der Waals surface area contributed by atoms with Crippen molar-refractivity contribution in [1.82, 2.24) is 0 Å². The van der Waals surface area contributed by atoms with E-state index < -0.39 is 11.9 Å². The summed E-state index contributed by atoms with van der Waals surface area (Å²) in [6.45, 7) is 1.68. The molecule has 2 nitrogen and oxygen atoms in total. The van der Waals surface area contributed by atoms with Crippen LogP contribution in [0.25, 0.3) is 0 Å². The number of carboxylic acid groups (broad SMARTS) is 1. The molecule has 1 N–H and O–H groups in total. The fourth-order valence-corrected chi connectivity index (χ4v) is 1.38. The summed E-state index contributed by atoms with van der Waals surface area (Å²) < 4.78 is 12.6. The summed E-state index contributed by atoms with van der Waals surface area (Å²) in [5.41, 5.74) is 0.812. The minimum Gasteiger partial charge on any atom is -0.481 e. The van der Waals surface area contributed by atoms with Gasteiger partial charge in [0.05, 0.1) is 5.92 Å². The number of hydrogen-bond acceptors (Lipinski definition) is 1. The van der Waals surface area contributed by atoms with E-state index in [0.29, 0.717) is 12.8 Å². The maximum absolute atomic E-state index is 12.6. The lowest BCUT2D eigenvalue weighted by molar-refractivity contribution is -0.141. The Labute approximate surface area is 94.1 Å². The van der Waals surface area contributed by atoms with Gasteiger partial charge in [-0.15, -0.1) is 11.8 Å². The van der Waals surface area contributed by atoms with E-state index in [1.54, 1.807) is 19.1 Å². The van der Waals surface area contributed by atoms with Crippen LogP contribution in [0, 0.1) is 23.6 Å². The van der Waals surface area contributed by atoms with Crippen molar-refractivity contribution in [3.63, 3.8) is 0 Å². The van der Waals surface area contributed by atoms with Crippen LogP contribution < -0.4 is 0 Å². The summed E-state index contributed by atoms with van der Waals surface area (Å²) >= 11 is 0. The van der Waals surface area contributed by atoms with Crippen LogP contribution in [0.3, 0.4) is 0 Å². The Hall–Kier alpha value is -1.82. The van der Waals surface area contributed by atoms with Gasteiger partial charge in [0.25, 0.3) is 0 Å². The third-order valence-electron chi connectivity index (χ3n) is 2.27. The fraction of sp³-hybridized carbons (Fsp3) is 0.308. The normalized spacial score (nSPS) is 11.4. The molecule has 0 aliphatic rings. The minimum absolute atomic E-state index is 0.316. The summed E-state index contributed by atoms with van der Waals surface area (Å²) in [4.78, 5) is 10.9. The van der Waals surface area contributed by atoms with Crippen LogP contribution in [-0.2, 0) is 11.2 Å². The van der Waals surface area contributed by atoms with Gasteiger partial charge in [-0.05, 0) is 31.0 Å².